The largest absolute Gasteiger partial charge is 0.309 e. The Hall–Kier alpha value is -1.57. The molecule has 1 aromatic carbocycles. The summed E-state index contributed by atoms with van der Waals surface area (Å²) in [7, 11) is 0. The van der Waals surface area contributed by atoms with Crippen LogP contribution in [0.15, 0.2) is 36.4 Å². The molecule has 80 valence electrons. The van der Waals surface area contributed by atoms with Gasteiger partial charge in [-0.2, -0.15) is 0 Å². The Bertz CT molecular complexity index is 351. The van der Waals surface area contributed by atoms with E-state index in [2.05, 4.69) is 0 Å². The van der Waals surface area contributed by atoms with Crippen molar-refractivity contribution < 1.29 is 4.79 Å². The van der Waals surface area contributed by atoms with E-state index in [0.29, 0.717) is 6.54 Å². The van der Waals surface area contributed by atoms with Gasteiger partial charge in [-0.3, -0.25) is 4.79 Å². The zero-order valence-corrected chi connectivity index (χ0v) is 9.53. The van der Waals surface area contributed by atoms with Crippen LogP contribution in [0, 0.1) is 6.92 Å². The number of carbonyl (C=O) groups is 1. The van der Waals surface area contributed by atoms with Crippen molar-refractivity contribution in [2.75, 3.05) is 11.4 Å². The minimum atomic E-state index is 0.0313. The van der Waals surface area contributed by atoms with E-state index in [1.54, 1.807) is 17.1 Å². The summed E-state index contributed by atoms with van der Waals surface area (Å²) in [6.45, 7) is 6.54. The number of benzene rings is 1. The lowest BCUT2D eigenvalue weighted by atomic mass is 10.2. The third-order valence-corrected chi connectivity index (χ3v) is 2.24. The maximum Gasteiger partial charge on any atom is 0.250 e. The average Bonchev–Trinajstić information content (AvgIpc) is 2.22. The van der Waals surface area contributed by atoms with Crippen molar-refractivity contribution >= 4 is 11.6 Å². The fourth-order valence-electron chi connectivity index (χ4n) is 1.42. The zero-order chi connectivity index (χ0) is 11.3. The van der Waals surface area contributed by atoms with Crippen LogP contribution in [0.2, 0.25) is 0 Å². The van der Waals surface area contributed by atoms with Gasteiger partial charge in [-0.05, 0) is 39.0 Å². The molecule has 2 heteroatoms. The molecule has 0 aliphatic rings. The quantitative estimate of drug-likeness (QED) is 0.692. The number of allylic oxidation sites excluding steroid dienone is 1. The van der Waals surface area contributed by atoms with Crippen LogP contribution in [-0.4, -0.2) is 12.5 Å². The molecule has 0 fully saturated rings. The van der Waals surface area contributed by atoms with Gasteiger partial charge in [0, 0.05) is 12.2 Å². The standard InChI is InChI=1S/C13H17NO/c1-4-6-13(15)14(5-2)12-9-7-11(3)8-10-12/h4,6-10H,5H2,1-3H3/b6-4+. The van der Waals surface area contributed by atoms with Gasteiger partial charge in [0.1, 0.15) is 0 Å². The lowest BCUT2D eigenvalue weighted by molar-refractivity contribution is -0.114. The third kappa shape index (κ3) is 2.94. The Morgan fingerprint density at radius 2 is 1.93 bits per heavy atom. The smallest absolute Gasteiger partial charge is 0.250 e. The Kier molecular flexibility index (Phi) is 4.10. The maximum absolute atomic E-state index is 11.7. The van der Waals surface area contributed by atoms with Gasteiger partial charge in [0.2, 0.25) is 0 Å². The molecule has 0 aromatic heterocycles. The molecular weight excluding hydrogens is 186 g/mol. The highest BCUT2D eigenvalue weighted by atomic mass is 16.2. The molecule has 0 spiro atoms. The molecule has 1 rings (SSSR count). The summed E-state index contributed by atoms with van der Waals surface area (Å²) in [5.74, 6) is 0.0313. The monoisotopic (exact) mass is 203 g/mol. The summed E-state index contributed by atoms with van der Waals surface area (Å²) >= 11 is 0. The first-order valence-corrected chi connectivity index (χ1v) is 5.20. The van der Waals surface area contributed by atoms with E-state index in [4.69, 9.17) is 0 Å². The molecule has 0 atom stereocenters. The van der Waals surface area contributed by atoms with Gasteiger partial charge >= 0.3 is 0 Å². The number of rotatable bonds is 3. The van der Waals surface area contributed by atoms with Crippen LogP contribution in [0.3, 0.4) is 0 Å². The lowest BCUT2D eigenvalue weighted by Crippen LogP contribution is -2.28. The molecular formula is C13H17NO. The molecule has 0 bridgehead atoms. The molecule has 0 N–H and O–H groups in total. The molecule has 1 aromatic rings. The molecule has 0 unspecified atom stereocenters. The van der Waals surface area contributed by atoms with Crippen molar-refractivity contribution in [1.29, 1.82) is 0 Å². The summed E-state index contributed by atoms with van der Waals surface area (Å²) in [6.07, 6.45) is 3.35. The van der Waals surface area contributed by atoms with Gasteiger partial charge in [-0.15, -0.1) is 0 Å². The van der Waals surface area contributed by atoms with Crippen LogP contribution in [0.5, 0.6) is 0 Å². The summed E-state index contributed by atoms with van der Waals surface area (Å²) in [4.78, 5) is 13.4. The minimum absolute atomic E-state index is 0.0313. The first kappa shape index (κ1) is 11.5. The lowest BCUT2D eigenvalue weighted by Gasteiger charge is -2.19. The molecule has 0 radical (unpaired) electrons. The van der Waals surface area contributed by atoms with E-state index in [0.717, 1.165) is 5.69 Å². The zero-order valence-electron chi connectivity index (χ0n) is 9.53. The molecule has 2 nitrogen and oxygen atoms in total. The average molecular weight is 203 g/mol. The number of aryl methyl sites for hydroxylation is 1. The van der Waals surface area contributed by atoms with Crippen molar-refractivity contribution in [3.8, 4) is 0 Å². The third-order valence-electron chi connectivity index (χ3n) is 2.24. The summed E-state index contributed by atoms with van der Waals surface area (Å²) in [5, 5.41) is 0. The van der Waals surface area contributed by atoms with Crippen LogP contribution >= 0.6 is 0 Å². The fourth-order valence-corrected chi connectivity index (χ4v) is 1.42. The number of likely N-dealkylation sites (N-methyl/N-ethyl adjacent to an activating group) is 1. The van der Waals surface area contributed by atoms with E-state index in [-0.39, 0.29) is 5.91 Å². The molecule has 1 amide bonds. The summed E-state index contributed by atoms with van der Waals surface area (Å²) < 4.78 is 0. The van der Waals surface area contributed by atoms with Gasteiger partial charge in [-0.25, -0.2) is 0 Å². The van der Waals surface area contributed by atoms with Gasteiger partial charge in [-0.1, -0.05) is 23.8 Å². The van der Waals surface area contributed by atoms with Crippen molar-refractivity contribution in [3.05, 3.63) is 42.0 Å². The first-order valence-electron chi connectivity index (χ1n) is 5.20. The van der Waals surface area contributed by atoms with Gasteiger partial charge in [0.15, 0.2) is 0 Å². The first-order chi connectivity index (χ1) is 7.19. The van der Waals surface area contributed by atoms with Crippen LogP contribution in [0.1, 0.15) is 19.4 Å². The molecule has 0 aliphatic carbocycles. The number of hydrogen-bond acceptors (Lipinski definition) is 1. The maximum atomic E-state index is 11.7. The van der Waals surface area contributed by atoms with Gasteiger partial charge < -0.3 is 4.90 Å². The van der Waals surface area contributed by atoms with Crippen molar-refractivity contribution in [3.63, 3.8) is 0 Å². The second kappa shape index (κ2) is 5.35. The number of nitrogens with zero attached hydrogens (tertiary/aromatic N) is 1. The Labute approximate surface area is 91.2 Å². The molecule has 0 heterocycles. The van der Waals surface area contributed by atoms with E-state index < -0.39 is 0 Å². The fraction of sp³-hybridized carbons (Fsp3) is 0.308. The Morgan fingerprint density at radius 3 is 2.40 bits per heavy atom. The van der Waals surface area contributed by atoms with Crippen LogP contribution in [0.4, 0.5) is 5.69 Å². The normalized spacial score (nSPS) is 10.6. The van der Waals surface area contributed by atoms with Crippen molar-refractivity contribution in [2.24, 2.45) is 0 Å². The van der Waals surface area contributed by atoms with Crippen LogP contribution in [-0.2, 0) is 4.79 Å². The molecule has 0 saturated heterocycles. The van der Waals surface area contributed by atoms with Crippen molar-refractivity contribution in [1.82, 2.24) is 0 Å². The summed E-state index contributed by atoms with van der Waals surface area (Å²) in [6, 6.07) is 7.97. The highest BCUT2D eigenvalue weighted by Gasteiger charge is 2.09. The number of carbonyl (C=O) groups excluding carboxylic acids is 1. The predicted octanol–water partition coefficient (Wildman–Crippen LogP) is 2.92. The summed E-state index contributed by atoms with van der Waals surface area (Å²) in [5.41, 5.74) is 2.15. The number of anilines is 1. The van der Waals surface area contributed by atoms with Gasteiger partial charge in [0.25, 0.3) is 5.91 Å². The SMILES string of the molecule is C/C=C/C(=O)N(CC)c1ccc(C)cc1. The number of amides is 1. The second-order valence-corrected chi connectivity index (χ2v) is 3.42. The Morgan fingerprint density at radius 1 is 1.33 bits per heavy atom. The highest BCUT2D eigenvalue weighted by Crippen LogP contribution is 2.15. The number of hydrogen-bond donors (Lipinski definition) is 0. The second-order valence-electron chi connectivity index (χ2n) is 3.42. The van der Waals surface area contributed by atoms with E-state index in [1.807, 2.05) is 45.0 Å². The van der Waals surface area contributed by atoms with Gasteiger partial charge in [0.05, 0.1) is 0 Å². The molecule has 15 heavy (non-hydrogen) atoms. The van der Waals surface area contributed by atoms with E-state index >= 15 is 0 Å². The van der Waals surface area contributed by atoms with E-state index in [9.17, 15) is 4.79 Å². The highest BCUT2D eigenvalue weighted by molar-refractivity contribution is 6.01. The topological polar surface area (TPSA) is 20.3 Å². The Balaban J connectivity index is 2.92. The predicted molar refractivity (Wildman–Crippen MR) is 64.0 cm³/mol. The molecule has 0 aliphatic heterocycles. The van der Waals surface area contributed by atoms with Crippen LogP contribution < -0.4 is 4.90 Å². The van der Waals surface area contributed by atoms with Crippen LogP contribution in [0.25, 0.3) is 0 Å². The van der Waals surface area contributed by atoms with E-state index in [1.165, 1.54) is 5.56 Å². The van der Waals surface area contributed by atoms with Crippen molar-refractivity contribution in [2.45, 2.75) is 20.8 Å². The minimum Gasteiger partial charge on any atom is -0.309 e. The molecule has 0 saturated carbocycles.